The van der Waals surface area contributed by atoms with Gasteiger partial charge in [0.1, 0.15) is 6.04 Å². The lowest BCUT2D eigenvalue weighted by molar-refractivity contribution is -0.141. The lowest BCUT2D eigenvalue weighted by Crippen LogP contribution is -2.51. The topological polar surface area (TPSA) is 69.6 Å². The second kappa shape index (κ2) is 3.91. The van der Waals surface area contributed by atoms with Crippen LogP contribution in [-0.2, 0) is 4.79 Å². The highest BCUT2D eigenvalue weighted by atomic mass is 16.4. The monoisotopic (exact) mass is 173 g/mol. The molecule has 0 aromatic carbocycles. The fourth-order valence-corrected chi connectivity index (χ4v) is 0.933. The summed E-state index contributed by atoms with van der Waals surface area (Å²) < 4.78 is 0. The molecule has 0 spiro atoms. The number of hydrogen-bond acceptors (Lipinski definition) is 3. The molecule has 0 aliphatic carbocycles. The van der Waals surface area contributed by atoms with E-state index in [1.54, 1.807) is 20.8 Å². The lowest BCUT2D eigenvalue weighted by Gasteiger charge is -2.28. The van der Waals surface area contributed by atoms with Gasteiger partial charge in [-0.2, -0.15) is 0 Å². The molecule has 0 rings (SSSR count). The number of rotatable bonds is 3. The molecular formula is C7H16BNO3. The molecule has 0 radical (unpaired) electrons. The molecule has 0 bridgehead atoms. The number of nitrogens with one attached hydrogen (secondary N) is 1. The van der Waals surface area contributed by atoms with Crippen LogP contribution in [0.1, 0.15) is 20.8 Å². The summed E-state index contributed by atoms with van der Waals surface area (Å²) >= 11 is 0. The minimum atomic E-state index is -0.941. The first-order chi connectivity index (χ1) is 5.25. The summed E-state index contributed by atoms with van der Waals surface area (Å²) in [7, 11) is -0.801. The predicted molar refractivity (Wildman–Crippen MR) is 47.9 cm³/mol. The molecule has 4 nitrogen and oxygen atoms in total. The van der Waals surface area contributed by atoms with Crippen LogP contribution in [0.25, 0.3) is 0 Å². The highest BCUT2D eigenvalue weighted by molar-refractivity contribution is 6.46. The van der Waals surface area contributed by atoms with Gasteiger partial charge >= 0.3 is 13.0 Å². The third kappa shape index (κ3) is 3.73. The van der Waals surface area contributed by atoms with Crippen LogP contribution in [0.2, 0.25) is 6.82 Å². The highest BCUT2D eigenvalue weighted by Gasteiger charge is 2.32. The average Bonchev–Trinajstić information content (AvgIpc) is 1.79. The Hall–Kier alpha value is -0.545. The molecule has 5 heteroatoms. The largest absolute Gasteiger partial charge is 0.480 e. The van der Waals surface area contributed by atoms with Gasteiger partial charge in [0.2, 0.25) is 0 Å². The molecule has 0 saturated carbocycles. The molecule has 1 atom stereocenters. The van der Waals surface area contributed by atoms with Crippen LogP contribution < -0.4 is 5.23 Å². The molecular weight excluding hydrogens is 157 g/mol. The third-order valence-corrected chi connectivity index (χ3v) is 1.52. The Labute approximate surface area is 73.1 Å². The summed E-state index contributed by atoms with van der Waals surface area (Å²) in [6, 6.07) is -0.725. The van der Waals surface area contributed by atoms with Crippen molar-refractivity contribution in [3.8, 4) is 0 Å². The maximum absolute atomic E-state index is 10.7. The first-order valence-corrected chi connectivity index (χ1v) is 3.92. The molecule has 70 valence electrons. The van der Waals surface area contributed by atoms with Crippen molar-refractivity contribution in [2.75, 3.05) is 0 Å². The maximum atomic E-state index is 10.7. The molecule has 0 saturated heterocycles. The first-order valence-electron chi connectivity index (χ1n) is 3.92. The normalized spacial score (nSPS) is 14.1. The van der Waals surface area contributed by atoms with E-state index >= 15 is 0 Å². The van der Waals surface area contributed by atoms with Gasteiger partial charge in [-0.3, -0.25) is 4.79 Å². The molecule has 0 fully saturated rings. The SMILES string of the molecule is CB(O)N[C@H](C(=O)O)C(C)(C)C. The van der Waals surface area contributed by atoms with Crippen molar-refractivity contribution in [1.82, 2.24) is 5.23 Å². The zero-order valence-electron chi connectivity index (χ0n) is 7.96. The van der Waals surface area contributed by atoms with Gasteiger partial charge in [-0.15, -0.1) is 0 Å². The van der Waals surface area contributed by atoms with Crippen molar-refractivity contribution < 1.29 is 14.9 Å². The Morgan fingerprint density at radius 3 is 2.00 bits per heavy atom. The first kappa shape index (κ1) is 11.5. The van der Waals surface area contributed by atoms with Crippen LogP contribution in [0, 0.1) is 5.41 Å². The molecule has 0 aliphatic rings. The molecule has 0 aromatic rings. The number of carbonyl (C=O) groups is 1. The number of aliphatic carboxylic acids is 1. The molecule has 0 aromatic heterocycles. The Kier molecular flexibility index (Phi) is 3.74. The van der Waals surface area contributed by atoms with E-state index in [0.29, 0.717) is 0 Å². The predicted octanol–water partition coefficient (Wildman–Crippen LogP) is 0.186. The number of carboxylic acid groups (broad SMARTS) is 1. The van der Waals surface area contributed by atoms with Crippen molar-refractivity contribution >= 4 is 13.0 Å². The van der Waals surface area contributed by atoms with Crippen molar-refractivity contribution in [1.29, 1.82) is 0 Å². The van der Waals surface area contributed by atoms with E-state index in [1.807, 2.05) is 0 Å². The number of carboxylic acids is 1. The fourth-order valence-electron chi connectivity index (χ4n) is 0.933. The molecule has 0 amide bonds. The summed E-state index contributed by atoms with van der Waals surface area (Å²) in [5, 5.41) is 20.3. The van der Waals surface area contributed by atoms with Gasteiger partial charge in [0, 0.05) is 0 Å². The van der Waals surface area contributed by atoms with Gasteiger partial charge in [-0.25, -0.2) is 0 Å². The van der Waals surface area contributed by atoms with Crippen LogP contribution in [0.4, 0.5) is 0 Å². The Morgan fingerprint density at radius 2 is 1.92 bits per heavy atom. The van der Waals surface area contributed by atoms with Gasteiger partial charge in [0.25, 0.3) is 0 Å². The van der Waals surface area contributed by atoms with Crippen LogP contribution in [0.3, 0.4) is 0 Å². The van der Waals surface area contributed by atoms with Crippen molar-refractivity contribution in [3.05, 3.63) is 0 Å². The van der Waals surface area contributed by atoms with E-state index in [9.17, 15) is 4.79 Å². The summed E-state index contributed by atoms with van der Waals surface area (Å²) in [4.78, 5) is 10.7. The second-order valence-electron chi connectivity index (χ2n) is 3.98. The summed E-state index contributed by atoms with van der Waals surface area (Å²) in [6.07, 6.45) is 0. The van der Waals surface area contributed by atoms with E-state index in [0.717, 1.165) is 0 Å². The Bertz CT molecular complexity index is 165. The van der Waals surface area contributed by atoms with E-state index in [1.165, 1.54) is 6.82 Å². The third-order valence-electron chi connectivity index (χ3n) is 1.52. The van der Waals surface area contributed by atoms with Crippen molar-refractivity contribution in [2.45, 2.75) is 33.6 Å². The lowest BCUT2D eigenvalue weighted by atomic mass is 9.79. The van der Waals surface area contributed by atoms with E-state index in [4.69, 9.17) is 10.1 Å². The number of hydrogen-bond donors (Lipinski definition) is 3. The minimum Gasteiger partial charge on any atom is -0.480 e. The van der Waals surface area contributed by atoms with Crippen LogP contribution in [0.15, 0.2) is 0 Å². The Balaban J connectivity index is 4.35. The molecule has 0 heterocycles. The second-order valence-corrected chi connectivity index (χ2v) is 3.98. The summed E-state index contributed by atoms with van der Waals surface area (Å²) in [6.45, 7) is 6.92. The Morgan fingerprint density at radius 1 is 1.50 bits per heavy atom. The quantitative estimate of drug-likeness (QED) is 0.532. The van der Waals surface area contributed by atoms with Gasteiger partial charge in [-0.1, -0.05) is 20.8 Å². The van der Waals surface area contributed by atoms with E-state index < -0.39 is 24.5 Å². The van der Waals surface area contributed by atoms with Crippen LogP contribution >= 0.6 is 0 Å². The molecule has 0 aliphatic heterocycles. The smallest absolute Gasteiger partial charge is 0.374 e. The van der Waals surface area contributed by atoms with E-state index in [2.05, 4.69) is 5.23 Å². The molecule has 12 heavy (non-hydrogen) atoms. The van der Waals surface area contributed by atoms with Gasteiger partial charge in [0.15, 0.2) is 0 Å². The van der Waals surface area contributed by atoms with Crippen LogP contribution in [0.5, 0.6) is 0 Å². The van der Waals surface area contributed by atoms with Crippen LogP contribution in [-0.4, -0.2) is 29.2 Å². The van der Waals surface area contributed by atoms with Crippen molar-refractivity contribution in [3.63, 3.8) is 0 Å². The standard InChI is InChI=1S/C7H16BNO3/c1-7(2,3)5(6(10)11)9-8(4)12/h5,9,12H,1-4H3,(H,10,11)/t5-/m1/s1. The van der Waals surface area contributed by atoms with Gasteiger partial charge in [-0.05, 0) is 12.2 Å². The minimum absolute atomic E-state index is 0.400. The molecule has 0 unspecified atom stereocenters. The van der Waals surface area contributed by atoms with Gasteiger partial charge in [0.05, 0.1) is 0 Å². The highest BCUT2D eigenvalue weighted by Crippen LogP contribution is 2.19. The van der Waals surface area contributed by atoms with Gasteiger partial charge < -0.3 is 15.4 Å². The van der Waals surface area contributed by atoms with Crippen molar-refractivity contribution in [2.24, 2.45) is 5.41 Å². The fraction of sp³-hybridized carbons (Fsp3) is 0.857. The zero-order valence-corrected chi connectivity index (χ0v) is 7.96. The average molecular weight is 173 g/mol. The van der Waals surface area contributed by atoms with E-state index in [-0.39, 0.29) is 0 Å². The molecule has 3 N–H and O–H groups in total. The zero-order chi connectivity index (χ0) is 9.94. The summed E-state index contributed by atoms with van der Waals surface area (Å²) in [5.74, 6) is -0.941. The maximum Gasteiger partial charge on any atom is 0.374 e. The summed E-state index contributed by atoms with van der Waals surface area (Å²) in [5.41, 5.74) is -0.400.